The summed E-state index contributed by atoms with van der Waals surface area (Å²) in [6.45, 7) is 6.28. The number of amides is 2. The number of nitrogens with zero attached hydrogens (tertiary/aromatic N) is 1. The molecule has 2 amide bonds. The first-order chi connectivity index (χ1) is 11.1. The Labute approximate surface area is 134 Å². The summed E-state index contributed by atoms with van der Waals surface area (Å²) in [5.74, 6) is 0.0318. The first kappa shape index (κ1) is 15.8. The Bertz CT molecular complexity index is 599. The number of ether oxygens (including phenoxy) is 2. The van der Waals surface area contributed by atoms with Crippen molar-refractivity contribution in [2.75, 3.05) is 44.7 Å². The average Bonchev–Trinajstić information content (AvgIpc) is 2.56. The maximum atomic E-state index is 12.4. The predicted molar refractivity (Wildman–Crippen MR) is 84.8 cm³/mol. The number of hydrogen-bond acceptors (Lipinski definition) is 5. The normalized spacial score (nSPS) is 21.1. The zero-order chi connectivity index (χ0) is 16.2. The summed E-state index contributed by atoms with van der Waals surface area (Å²) in [7, 11) is 0. The van der Waals surface area contributed by atoms with E-state index in [-0.39, 0.29) is 11.8 Å². The van der Waals surface area contributed by atoms with Gasteiger partial charge in [-0.25, -0.2) is 0 Å². The molecule has 1 saturated heterocycles. The number of fused-ring (bicyclic) bond motifs is 1. The van der Waals surface area contributed by atoms with Gasteiger partial charge in [-0.3, -0.25) is 14.5 Å². The van der Waals surface area contributed by atoms with Crippen molar-refractivity contribution in [3.05, 3.63) is 23.8 Å². The van der Waals surface area contributed by atoms with E-state index < -0.39 is 6.10 Å². The Kier molecular flexibility index (Phi) is 4.78. The average molecular weight is 319 g/mol. The number of carbonyl (C=O) groups is 2. The second-order valence-corrected chi connectivity index (χ2v) is 5.64. The SMILES string of the molecule is CC1Oc2c(cccc2C(=O)NCCN2CCOCC2)NC1=O. The van der Waals surface area contributed by atoms with Crippen LogP contribution >= 0.6 is 0 Å². The molecule has 1 aromatic rings. The summed E-state index contributed by atoms with van der Waals surface area (Å²) < 4.78 is 10.9. The van der Waals surface area contributed by atoms with Crippen LogP contribution in [0.15, 0.2) is 18.2 Å². The van der Waals surface area contributed by atoms with Crippen LogP contribution in [-0.4, -0.2) is 62.2 Å². The minimum absolute atomic E-state index is 0.196. The number of anilines is 1. The second kappa shape index (κ2) is 6.97. The molecule has 0 saturated carbocycles. The van der Waals surface area contributed by atoms with Gasteiger partial charge in [0.25, 0.3) is 11.8 Å². The lowest BCUT2D eigenvalue weighted by Crippen LogP contribution is -2.41. The number of hydrogen-bond donors (Lipinski definition) is 2. The minimum Gasteiger partial charge on any atom is -0.478 e. The van der Waals surface area contributed by atoms with E-state index in [4.69, 9.17) is 9.47 Å². The van der Waals surface area contributed by atoms with Crippen molar-refractivity contribution in [3.8, 4) is 5.75 Å². The number of benzene rings is 1. The molecule has 0 bridgehead atoms. The van der Waals surface area contributed by atoms with Crippen LogP contribution in [0, 0.1) is 0 Å². The van der Waals surface area contributed by atoms with Gasteiger partial charge < -0.3 is 20.1 Å². The van der Waals surface area contributed by atoms with Crippen LogP contribution in [0.3, 0.4) is 0 Å². The zero-order valence-corrected chi connectivity index (χ0v) is 13.1. The van der Waals surface area contributed by atoms with Crippen molar-refractivity contribution >= 4 is 17.5 Å². The highest BCUT2D eigenvalue weighted by Crippen LogP contribution is 2.33. The molecule has 2 aliphatic heterocycles. The van der Waals surface area contributed by atoms with Crippen LogP contribution in [0.4, 0.5) is 5.69 Å². The molecule has 124 valence electrons. The summed E-state index contributed by atoms with van der Waals surface area (Å²) in [4.78, 5) is 26.3. The largest absolute Gasteiger partial charge is 0.478 e. The smallest absolute Gasteiger partial charge is 0.265 e. The summed E-state index contributed by atoms with van der Waals surface area (Å²) in [6, 6.07) is 5.16. The van der Waals surface area contributed by atoms with E-state index in [1.165, 1.54) is 0 Å². The first-order valence-electron chi connectivity index (χ1n) is 7.84. The van der Waals surface area contributed by atoms with Crippen LogP contribution in [0.1, 0.15) is 17.3 Å². The maximum Gasteiger partial charge on any atom is 0.265 e. The molecule has 2 aliphatic rings. The quantitative estimate of drug-likeness (QED) is 0.843. The monoisotopic (exact) mass is 319 g/mol. The Morgan fingerprint density at radius 3 is 2.96 bits per heavy atom. The van der Waals surface area contributed by atoms with Crippen molar-refractivity contribution in [3.63, 3.8) is 0 Å². The van der Waals surface area contributed by atoms with Crippen LogP contribution < -0.4 is 15.4 Å². The molecule has 2 N–H and O–H groups in total. The van der Waals surface area contributed by atoms with E-state index >= 15 is 0 Å². The third kappa shape index (κ3) is 3.62. The molecular formula is C16H21N3O4. The van der Waals surface area contributed by atoms with Crippen LogP contribution in [0.5, 0.6) is 5.75 Å². The van der Waals surface area contributed by atoms with Crippen molar-refractivity contribution in [2.24, 2.45) is 0 Å². The van der Waals surface area contributed by atoms with Crippen molar-refractivity contribution < 1.29 is 19.1 Å². The Balaban J connectivity index is 1.61. The molecule has 0 radical (unpaired) electrons. The highest BCUT2D eigenvalue weighted by molar-refractivity contribution is 6.03. The molecule has 1 atom stereocenters. The topological polar surface area (TPSA) is 79.9 Å². The minimum atomic E-state index is -0.607. The summed E-state index contributed by atoms with van der Waals surface area (Å²) in [6.07, 6.45) is -0.607. The number of para-hydroxylation sites is 1. The molecule has 0 aromatic heterocycles. The van der Waals surface area contributed by atoms with E-state index in [9.17, 15) is 9.59 Å². The van der Waals surface area contributed by atoms with Crippen LogP contribution in [-0.2, 0) is 9.53 Å². The highest BCUT2D eigenvalue weighted by Gasteiger charge is 2.27. The standard InChI is InChI=1S/C16H21N3O4/c1-11-15(20)18-13-4-2-3-12(14(13)23-11)16(21)17-5-6-19-7-9-22-10-8-19/h2-4,11H,5-10H2,1H3,(H,17,21)(H,18,20). The lowest BCUT2D eigenvalue weighted by atomic mass is 10.1. The van der Waals surface area contributed by atoms with Gasteiger partial charge in [-0.1, -0.05) is 6.07 Å². The third-order valence-electron chi connectivity index (χ3n) is 4.00. The molecule has 0 aliphatic carbocycles. The molecule has 1 unspecified atom stereocenters. The fourth-order valence-electron chi connectivity index (χ4n) is 2.65. The van der Waals surface area contributed by atoms with E-state index in [0.717, 1.165) is 32.8 Å². The van der Waals surface area contributed by atoms with E-state index in [0.29, 0.717) is 23.5 Å². The lowest BCUT2D eigenvalue weighted by Gasteiger charge is -2.27. The van der Waals surface area contributed by atoms with E-state index in [2.05, 4.69) is 15.5 Å². The Morgan fingerprint density at radius 1 is 1.39 bits per heavy atom. The fraction of sp³-hybridized carbons (Fsp3) is 0.500. The van der Waals surface area contributed by atoms with Gasteiger partial charge in [-0.15, -0.1) is 0 Å². The zero-order valence-electron chi connectivity index (χ0n) is 13.1. The van der Waals surface area contributed by atoms with Gasteiger partial charge in [0.2, 0.25) is 0 Å². The summed E-state index contributed by atoms with van der Waals surface area (Å²) in [5.41, 5.74) is 0.977. The molecule has 0 spiro atoms. The predicted octanol–water partition coefficient (Wildman–Crippen LogP) is 0.468. The van der Waals surface area contributed by atoms with Gasteiger partial charge in [0.15, 0.2) is 11.9 Å². The van der Waals surface area contributed by atoms with Gasteiger partial charge in [-0.2, -0.15) is 0 Å². The van der Waals surface area contributed by atoms with Crippen molar-refractivity contribution in [1.82, 2.24) is 10.2 Å². The number of rotatable bonds is 4. The van der Waals surface area contributed by atoms with Gasteiger partial charge in [0, 0.05) is 26.2 Å². The molecule has 23 heavy (non-hydrogen) atoms. The second-order valence-electron chi connectivity index (χ2n) is 5.64. The van der Waals surface area contributed by atoms with Crippen molar-refractivity contribution in [2.45, 2.75) is 13.0 Å². The molecule has 7 heteroatoms. The highest BCUT2D eigenvalue weighted by atomic mass is 16.5. The van der Waals surface area contributed by atoms with Crippen molar-refractivity contribution in [1.29, 1.82) is 0 Å². The summed E-state index contributed by atoms with van der Waals surface area (Å²) in [5, 5.41) is 5.65. The first-order valence-corrected chi connectivity index (χ1v) is 7.84. The molecule has 1 fully saturated rings. The lowest BCUT2D eigenvalue weighted by molar-refractivity contribution is -0.122. The van der Waals surface area contributed by atoms with Crippen LogP contribution in [0.25, 0.3) is 0 Å². The molecular weight excluding hydrogens is 298 g/mol. The van der Waals surface area contributed by atoms with Gasteiger partial charge in [0.05, 0.1) is 24.5 Å². The molecule has 1 aromatic carbocycles. The van der Waals surface area contributed by atoms with Crippen LogP contribution in [0.2, 0.25) is 0 Å². The Hall–Kier alpha value is -2.12. The summed E-state index contributed by atoms with van der Waals surface area (Å²) >= 11 is 0. The van der Waals surface area contributed by atoms with Gasteiger partial charge in [0.1, 0.15) is 0 Å². The van der Waals surface area contributed by atoms with Gasteiger partial charge in [-0.05, 0) is 19.1 Å². The molecule has 7 nitrogen and oxygen atoms in total. The Morgan fingerprint density at radius 2 is 2.17 bits per heavy atom. The third-order valence-corrected chi connectivity index (χ3v) is 4.00. The number of morpholine rings is 1. The van der Waals surface area contributed by atoms with E-state index in [1.54, 1.807) is 25.1 Å². The fourth-order valence-corrected chi connectivity index (χ4v) is 2.65. The number of nitrogens with one attached hydrogen (secondary N) is 2. The maximum absolute atomic E-state index is 12.4. The van der Waals surface area contributed by atoms with E-state index in [1.807, 2.05) is 0 Å². The number of carbonyl (C=O) groups excluding carboxylic acids is 2. The van der Waals surface area contributed by atoms with Gasteiger partial charge >= 0.3 is 0 Å². The molecule has 2 heterocycles. The molecule has 3 rings (SSSR count).